The van der Waals surface area contributed by atoms with E-state index in [9.17, 15) is 8.78 Å². The van der Waals surface area contributed by atoms with Crippen molar-refractivity contribution < 1.29 is 8.78 Å². The Morgan fingerprint density at radius 1 is 1.33 bits per heavy atom. The lowest BCUT2D eigenvalue weighted by atomic mass is 10.1. The first-order valence-corrected chi connectivity index (χ1v) is 7.87. The molecule has 1 aliphatic heterocycles. The molecule has 118 valence electrons. The average molecular weight is 296 g/mol. The average Bonchev–Trinajstić information content (AvgIpc) is 2.91. The second kappa shape index (κ2) is 7.85. The van der Waals surface area contributed by atoms with Gasteiger partial charge in [-0.3, -0.25) is 4.90 Å². The van der Waals surface area contributed by atoms with Gasteiger partial charge in [-0.15, -0.1) is 0 Å². The van der Waals surface area contributed by atoms with Crippen molar-refractivity contribution in [1.82, 2.24) is 10.2 Å². The van der Waals surface area contributed by atoms with Gasteiger partial charge in [-0.1, -0.05) is 32.0 Å². The first kappa shape index (κ1) is 16.4. The Bertz CT molecular complexity index is 429. The third kappa shape index (κ3) is 5.36. The van der Waals surface area contributed by atoms with Crippen LogP contribution in [-0.2, 0) is 6.54 Å². The minimum Gasteiger partial charge on any atom is -0.313 e. The number of hydrogen-bond donors (Lipinski definition) is 1. The standard InChI is InChI=1S/C17H26F2N2/c1-13(2)10-21(12-16-7-4-8-20-16)11-14-5-3-6-15(9-14)17(18)19/h3,5-6,9,13,16-17,20H,4,7-8,10-12H2,1-2H3. The van der Waals surface area contributed by atoms with Crippen molar-refractivity contribution >= 4 is 0 Å². The van der Waals surface area contributed by atoms with E-state index in [0.717, 1.165) is 31.7 Å². The van der Waals surface area contributed by atoms with E-state index >= 15 is 0 Å². The quantitative estimate of drug-likeness (QED) is 0.822. The van der Waals surface area contributed by atoms with Crippen molar-refractivity contribution in [2.75, 3.05) is 19.6 Å². The van der Waals surface area contributed by atoms with E-state index in [0.29, 0.717) is 12.0 Å². The summed E-state index contributed by atoms with van der Waals surface area (Å²) in [7, 11) is 0. The third-order valence-electron chi connectivity index (χ3n) is 3.87. The van der Waals surface area contributed by atoms with E-state index in [1.807, 2.05) is 6.07 Å². The van der Waals surface area contributed by atoms with Gasteiger partial charge >= 0.3 is 0 Å². The highest BCUT2D eigenvalue weighted by Crippen LogP contribution is 2.20. The second-order valence-electron chi connectivity index (χ2n) is 6.43. The maximum Gasteiger partial charge on any atom is 0.263 e. The van der Waals surface area contributed by atoms with Crippen LogP contribution in [-0.4, -0.2) is 30.6 Å². The normalized spacial score (nSPS) is 19.1. The molecule has 2 rings (SSSR count). The molecule has 0 saturated carbocycles. The van der Waals surface area contributed by atoms with E-state index in [4.69, 9.17) is 0 Å². The number of rotatable bonds is 7. The smallest absolute Gasteiger partial charge is 0.263 e. The molecule has 1 heterocycles. The molecular formula is C17H26F2N2. The van der Waals surface area contributed by atoms with Gasteiger partial charge in [0.25, 0.3) is 6.43 Å². The molecule has 1 N–H and O–H groups in total. The van der Waals surface area contributed by atoms with Crippen molar-refractivity contribution in [3.05, 3.63) is 35.4 Å². The number of nitrogens with one attached hydrogen (secondary N) is 1. The van der Waals surface area contributed by atoms with Gasteiger partial charge in [0, 0.05) is 31.2 Å². The predicted molar refractivity (Wildman–Crippen MR) is 82.5 cm³/mol. The molecule has 1 fully saturated rings. The summed E-state index contributed by atoms with van der Waals surface area (Å²) in [6, 6.07) is 7.36. The summed E-state index contributed by atoms with van der Waals surface area (Å²) in [5.74, 6) is 0.574. The molecule has 0 bridgehead atoms. The van der Waals surface area contributed by atoms with Crippen LogP contribution in [0.5, 0.6) is 0 Å². The van der Waals surface area contributed by atoms with Gasteiger partial charge < -0.3 is 5.32 Å². The summed E-state index contributed by atoms with van der Waals surface area (Å²) in [5.41, 5.74) is 1.10. The van der Waals surface area contributed by atoms with Crippen molar-refractivity contribution in [1.29, 1.82) is 0 Å². The zero-order valence-electron chi connectivity index (χ0n) is 13.0. The van der Waals surface area contributed by atoms with Gasteiger partial charge in [0.1, 0.15) is 0 Å². The summed E-state index contributed by atoms with van der Waals surface area (Å²) < 4.78 is 25.6. The van der Waals surface area contributed by atoms with Gasteiger partial charge in [-0.2, -0.15) is 0 Å². The molecule has 1 aromatic rings. The molecule has 21 heavy (non-hydrogen) atoms. The topological polar surface area (TPSA) is 15.3 Å². The van der Waals surface area contributed by atoms with Crippen LogP contribution in [0, 0.1) is 5.92 Å². The van der Waals surface area contributed by atoms with E-state index in [2.05, 4.69) is 24.1 Å². The molecule has 0 radical (unpaired) electrons. The third-order valence-corrected chi connectivity index (χ3v) is 3.87. The Morgan fingerprint density at radius 2 is 2.14 bits per heavy atom. The van der Waals surface area contributed by atoms with E-state index < -0.39 is 6.43 Å². The van der Waals surface area contributed by atoms with Crippen LogP contribution >= 0.6 is 0 Å². The van der Waals surface area contributed by atoms with Crippen LogP contribution in [0.15, 0.2) is 24.3 Å². The molecule has 1 unspecified atom stereocenters. The molecule has 1 atom stereocenters. The minimum atomic E-state index is -2.39. The Morgan fingerprint density at radius 3 is 2.76 bits per heavy atom. The Balaban J connectivity index is 2.00. The first-order valence-electron chi connectivity index (χ1n) is 7.87. The Hall–Kier alpha value is -1.00. The number of hydrogen-bond acceptors (Lipinski definition) is 2. The minimum absolute atomic E-state index is 0.121. The first-order chi connectivity index (χ1) is 10.0. The summed E-state index contributed by atoms with van der Waals surface area (Å²) in [5, 5.41) is 3.51. The van der Waals surface area contributed by atoms with E-state index in [1.54, 1.807) is 12.1 Å². The highest BCUT2D eigenvalue weighted by molar-refractivity contribution is 5.24. The maximum absolute atomic E-state index is 12.8. The lowest BCUT2D eigenvalue weighted by Gasteiger charge is -2.27. The van der Waals surface area contributed by atoms with Crippen molar-refractivity contribution in [2.45, 2.75) is 45.7 Å². The SMILES string of the molecule is CC(C)CN(Cc1cccc(C(F)F)c1)CC1CCCN1. The van der Waals surface area contributed by atoms with Crippen LogP contribution in [0.2, 0.25) is 0 Å². The van der Waals surface area contributed by atoms with E-state index in [-0.39, 0.29) is 5.56 Å². The number of nitrogens with zero attached hydrogens (tertiary/aromatic N) is 1. The maximum atomic E-state index is 12.8. The molecule has 0 aromatic heterocycles. The fourth-order valence-electron chi connectivity index (χ4n) is 3.03. The monoisotopic (exact) mass is 296 g/mol. The highest BCUT2D eigenvalue weighted by Gasteiger charge is 2.19. The zero-order chi connectivity index (χ0) is 15.2. The molecule has 1 aliphatic rings. The van der Waals surface area contributed by atoms with Crippen LogP contribution in [0.1, 0.15) is 44.2 Å². The van der Waals surface area contributed by atoms with Crippen LogP contribution in [0.4, 0.5) is 8.78 Å². The summed E-state index contributed by atoms with van der Waals surface area (Å²) in [6.45, 7) is 8.24. The highest BCUT2D eigenvalue weighted by atomic mass is 19.3. The van der Waals surface area contributed by atoms with E-state index in [1.165, 1.54) is 18.9 Å². The zero-order valence-corrected chi connectivity index (χ0v) is 13.0. The molecule has 0 amide bonds. The summed E-state index contributed by atoms with van der Waals surface area (Å²) >= 11 is 0. The Kier molecular flexibility index (Phi) is 6.12. The van der Waals surface area contributed by atoms with Crippen LogP contribution < -0.4 is 5.32 Å². The van der Waals surface area contributed by atoms with Crippen LogP contribution in [0.25, 0.3) is 0 Å². The second-order valence-corrected chi connectivity index (χ2v) is 6.43. The van der Waals surface area contributed by atoms with Gasteiger partial charge in [0.05, 0.1) is 0 Å². The van der Waals surface area contributed by atoms with Gasteiger partial charge in [-0.05, 0) is 36.9 Å². The molecule has 2 nitrogen and oxygen atoms in total. The summed E-state index contributed by atoms with van der Waals surface area (Å²) in [4.78, 5) is 2.39. The summed E-state index contributed by atoms with van der Waals surface area (Å²) in [6.07, 6.45) is 0.0622. The molecule has 0 spiro atoms. The van der Waals surface area contributed by atoms with Gasteiger partial charge in [-0.25, -0.2) is 8.78 Å². The Labute approximate surface area is 126 Å². The molecule has 1 saturated heterocycles. The lowest BCUT2D eigenvalue weighted by molar-refractivity contribution is 0.151. The van der Waals surface area contributed by atoms with Gasteiger partial charge in [0.2, 0.25) is 0 Å². The van der Waals surface area contributed by atoms with Gasteiger partial charge in [0.15, 0.2) is 0 Å². The predicted octanol–water partition coefficient (Wildman–Crippen LogP) is 3.83. The fraction of sp³-hybridized carbons (Fsp3) is 0.647. The van der Waals surface area contributed by atoms with Crippen molar-refractivity contribution in [3.8, 4) is 0 Å². The number of alkyl halides is 2. The molecular weight excluding hydrogens is 270 g/mol. The number of halogens is 2. The fourth-order valence-corrected chi connectivity index (χ4v) is 3.03. The van der Waals surface area contributed by atoms with Crippen LogP contribution in [0.3, 0.4) is 0 Å². The number of benzene rings is 1. The molecule has 0 aliphatic carbocycles. The van der Waals surface area contributed by atoms with Crippen molar-refractivity contribution in [3.63, 3.8) is 0 Å². The largest absolute Gasteiger partial charge is 0.313 e. The molecule has 1 aromatic carbocycles. The molecule has 4 heteroatoms. The van der Waals surface area contributed by atoms with Crippen molar-refractivity contribution in [2.24, 2.45) is 5.92 Å². The lowest BCUT2D eigenvalue weighted by Crippen LogP contribution is -2.39.